The average Bonchev–Trinajstić information content (AvgIpc) is 2.72. The van der Waals surface area contributed by atoms with Gasteiger partial charge in [-0.2, -0.15) is 14.8 Å². The van der Waals surface area contributed by atoms with Gasteiger partial charge in [-0.3, -0.25) is 4.79 Å². The highest BCUT2D eigenvalue weighted by Gasteiger charge is 2.16. The third-order valence-electron chi connectivity index (χ3n) is 4.51. The van der Waals surface area contributed by atoms with Crippen molar-refractivity contribution >= 4 is 10.8 Å². The number of hydrogen-bond acceptors (Lipinski definition) is 4. The summed E-state index contributed by atoms with van der Waals surface area (Å²) in [4.78, 5) is 16.7. The van der Waals surface area contributed by atoms with Crippen molar-refractivity contribution in [3.05, 3.63) is 93.8 Å². The number of hydrogen-bond donors (Lipinski definition) is 0. The molecule has 0 spiro atoms. The lowest BCUT2D eigenvalue weighted by Gasteiger charge is -2.12. The molecule has 0 amide bonds. The fraction of sp³-hybridized carbons (Fsp3) is 0.0909. The van der Waals surface area contributed by atoms with E-state index < -0.39 is 5.95 Å². The predicted molar refractivity (Wildman–Crippen MR) is 104 cm³/mol. The lowest BCUT2D eigenvalue weighted by atomic mass is 10.0. The minimum absolute atomic E-state index is 0.212. The van der Waals surface area contributed by atoms with Crippen LogP contribution in [0.1, 0.15) is 16.7 Å². The third-order valence-corrected chi connectivity index (χ3v) is 4.51. The van der Waals surface area contributed by atoms with Crippen molar-refractivity contribution in [3.8, 4) is 17.3 Å². The van der Waals surface area contributed by atoms with Crippen LogP contribution in [0.15, 0.2) is 65.6 Å². The van der Waals surface area contributed by atoms with E-state index in [1.807, 2.05) is 6.92 Å². The molecule has 0 bridgehead atoms. The molecule has 2 aromatic carbocycles. The number of nitriles is 1. The van der Waals surface area contributed by atoms with Crippen LogP contribution in [-0.2, 0) is 6.54 Å². The lowest BCUT2D eigenvalue weighted by molar-refractivity contribution is 0.583. The Balaban J connectivity index is 1.92. The van der Waals surface area contributed by atoms with Gasteiger partial charge in [-0.25, -0.2) is 9.67 Å². The molecule has 0 unspecified atom stereocenters. The first-order chi connectivity index (χ1) is 13.6. The number of pyridine rings is 1. The number of benzene rings is 2. The fourth-order valence-corrected chi connectivity index (χ4v) is 3.12. The SMILES string of the molecule is Cc1cnc(F)c(-c2nn(Cc3ccc(C#N)cc3)c(=O)c3ccccc23)c1. The van der Waals surface area contributed by atoms with E-state index in [4.69, 9.17) is 5.26 Å². The number of fused-ring (bicyclic) bond motifs is 1. The molecule has 0 saturated carbocycles. The molecule has 28 heavy (non-hydrogen) atoms. The van der Waals surface area contributed by atoms with E-state index in [1.54, 1.807) is 54.6 Å². The molecule has 0 aliphatic rings. The lowest BCUT2D eigenvalue weighted by Crippen LogP contribution is -2.24. The zero-order chi connectivity index (χ0) is 19.7. The van der Waals surface area contributed by atoms with Crippen molar-refractivity contribution in [2.24, 2.45) is 0 Å². The summed E-state index contributed by atoms with van der Waals surface area (Å²) in [6.45, 7) is 2.04. The Hall–Kier alpha value is -3.85. The van der Waals surface area contributed by atoms with Crippen LogP contribution < -0.4 is 5.56 Å². The molecule has 0 atom stereocenters. The van der Waals surface area contributed by atoms with Crippen molar-refractivity contribution in [1.29, 1.82) is 5.26 Å². The van der Waals surface area contributed by atoms with Gasteiger partial charge in [0, 0.05) is 11.6 Å². The fourth-order valence-electron chi connectivity index (χ4n) is 3.12. The summed E-state index contributed by atoms with van der Waals surface area (Å²) in [6, 6.07) is 17.7. The molecule has 4 rings (SSSR count). The molecule has 2 heterocycles. The van der Waals surface area contributed by atoms with Crippen molar-refractivity contribution in [2.75, 3.05) is 0 Å². The van der Waals surface area contributed by atoms with Gasteiger partial charge in [0.25, 0.3) is 5.56 Å². The van der Waals surface area contributed by atoms with Crippen LogP contribution in [-0.4, -0.2) is 14.8 Å². The maximum atomic E-state index is 14.5. The molecule has 0 fully saturated rings. The largest absolute Gasteiger partial charge is 0.274 e. The number of nitrogens with zero attached hydrogens (tertiary/aromatic N) is 4. The molecule has 0 N–H and O–H groups in total. The van der Waals surface area contributed by atoms with Gasteiger partial charge in [-0.1, -0.05) is 30.3 Å². The molecule has 0 aliphatic heterocycles. The van der Waals surface area contributed by atoms with Crippen LogP contribution >= 0.6 is 0 Å². The molecular weight excluding hydrogens is 355 g/mol. The van der Waals surface area contributed by atoms with Crippen LogP contribution in [0, 0.1) is 24.2 Å². The van der Waals surface area contributed by atoms with E-state index in [-0.39, 0.29) is 17.7 Å². The second kappa shape index (κ2) is 7.05. The summed E-state index contributed by atoms with van der Waals surface area (Å²) in [5.41, 5.74) is 2.52. The Labute approximate surface area is 160 Å². The monoisotopic (exact) mass is 370 g/mol. The summed E-state index contributed by atoms with van der Waals surface area (Å²) in [6.07, 6.45) is 1.45. The summed E-state index contributed by atoms with van der Waals surface area (Å²) in [7, 11) is 0. The Kier molecular flexibility index (Phi) is 4.42. The average molecular weight is 370 g/mol. The Morgan fingerprint density at radius 3 is 2.54 bits per heavy atom. The van der Waals surface area contributed by atoms with Gasteiger partial charge in [0.1, 0.15) is 5.69 Å². The Bertz CT molecular complexity index is 1290. The number of aryl methyl sites for hydroxylation is 1. The molecule has 0 radical (unpaired) electrons. The number of halogens is 1. The molecule has 6 heteroatoms. The van der Waals surface area contributed by atoms with Gasteiger partial charge in [-0.15, -0.1) is 0 Å². The Morgan fingerprint density at radius 2 is 1.82 bits per heavy atom. The van der Waals surface area contributed by atoms with Crippen LogP contribution in [0.5, 0.6) is 0 Å². The quantitative estimate of drug-likeness (QED) is 0.514. The van der Waals surface area contributed by atoms with Crippen molar-refractivity contribution in [2.45, 2.75) is 13.5 Å². The number of aromatic nitrogens is 3. The number of rotatable bonds is 3. The van der Waals surface area contributed by atoms with E-state index in [1.165, 1.54) is 10.9 Å². The van der Waals surface area contributed by atoms with Crippen LogP contribution in [0.4, 0.5) is 4.39 Å². The van der Waals surface area contributed by atoms with Crippen molar-refractivity contribution in [1.82, 2.24) is 14.8 Å². The minimum Gasteiger partial charge on any atom is -0.267 e. The summed E-state index contributed by atoms with van der Waals surface area (Å²) in [5.74, 6) is -0.633. The molecule has 0 aliphatic carbocycles. The van der Waals surface area contributed by atoms with Gasteiger partial charge in [0.15, 0.2) is 0 Å². The molecular formula is C22H15FN4O. The van der Waals surface area contributed by atoms with E-state index in [2.05, 4.69) is 16.2 Å². The van der Waals surface area contributed by atoms with Gasteiger partial charge >= 0.3 is 0 Å². The zero-order valence-corrected chi connectivity index (χ0v) is 15.1. The van der Waals surface area contributed by atoms with Crippen LogP contribution in [0.3, 0.4) is 0 Å². The highest BCUT2D eigenvalue weighted by atomic mass is 19.1. The van der Waals surface area contributed by atoms with Gasteiger partial charge in [-0.05, 0) is 42.3 Å². The van der Waals surface area contributed by atoms with Crippen LogP contribution in [0.2, 0.25) is 0 Å². The maximum Gasteiger partial charge on any atom is 0.274 e. The third kappa shape index (κ3) is 3.14. The highest BCUT2D eigenvalue weighted by molar-refractivity contribution is 5.93. The van der Waals surface area contributed by atoms with Gasteiger partial charge in [0.2, 0.25) is 5.95 Å². The standard InChI is InChI=1S/C22H15FN4O/c1-14-10-19(21(23)25-12-14)20-17-4-2-3-5-18(17)22(28)27(26-20)13-16-8-6-15(11-24)7-9-16/h2-10,12H,13H2,1H3. The summed E-state index contributed by atoms with van der Waals surface area (Å²) < 4.78 is 15.8. The smallest absolute Gasteiger partial charge is 0.267 e. The first kappa shape index (κ1) is 17.6. The Morgan fingerprint density at radius 1 is 1.11 bits per heavy atom. The van der Waals surface area contributed by atoms with Crippen molar-refractivity contribution < 1.29 is 4.39 Å². The summed E-state index contributed by atoms with van der Waals surface area (Å²) in [5, 5.41) is 14.4. The molecule has 2 aromatic heterocycles. The topological polar surface area (TPSA) is 71.6 Å². The van der Waals surface area contributed by atoms with Crippen molar-refractivity contribution in [3.63, 3.8) is 0 Å². The maximum absolute atomic E-state index is 14.5. The van der Waals surface area contributed by atoms with Gasteiger partial charge in [0.05, 0.1) is 29.1 Å². The zero-order valence-electron chi connectivity index (χ0n) is 15.1. The summed E-state index contributed by atoms with van der Waals surface area (Å²) >= 11 is 0. The molecule has 4 aromatic rings. The van der Waals surface area contributed by atoms with Crippen LogP contribution in [0.25, 0.3) is 22.0 Å². The first-order valence-electron chi connectivity index (χ1n) is 8.68. The minimum atomic E-state index is -0.633. The van der Waals surface area contributed by atoms with Gasteiger partial charge < -0.3 is 0 Å². The van der Waals surface area contributed by atoms with E-state index in [0.29, 0.717) is 22.0 Å². The predicted octanol–water partition coefficient (Wildman–Crippen LogP) is 3.83. The van der Waals surface area contributed by atoms with E-state index in [0.717, 1.165) is 11.1 Å². The van der Waals surface area contributed by atoms with E-state index >= 15 is 0 Å². The molecule has 136 valence electrons. The van der Waals surface area contributed by atoms with E-state index in [9.17, 15) is 9.18 Å². The first-order valence-corrected chi connectivity index (χ1v) is 8.68. The molecule has 0 saturated heterocycles. The second-order valence-electron chi connectivity index (χ2n) is 6.52. The molecule has 5 nitrogen and oxygen atoms in total. The normalized spacial score (nSPS) is 10.8. The highest BCUT2D eigenvalue weighted by Crippen LogP contribution is 2.27. The second-order valence-corrected chi connectivity index (χ2v) is 6.52.